The molecule has 0 spiro atoms. The largest absolute Gasteiger partial charge is 0.377 e. The van der Waals surface area contributed by atoms with E-state index >= 15 is 0 Å². The number of fused-ring (bicyclic) bond motifs is 1. The molecule has 2 atom stereocenters. The number of aliphatic imine (C=N–C) groups is 1. The van der Waals surface area contributed by atoms with Gasteiger partial charge in [-0.25, -0.2) is 19.6 Å². The van der Waals surface area contributed by atoms with Crippen molar-refractivity contribution in [2.24, 2.45) is 4.99 Å². The van der Waals surface area contributed by atoms with Crippen LogP contribution < -0.4 is 15.5 Å². The maximum Gasteiger partial charge on any atom is 0.191 e. The summed E-state index contributed by atoms with van der Waals surface area (Å²) in [6.07, 6.45) is 4.04. The van der Waals surface area contributed by atoms with Gasteiger partial charge in [-0.2, -0.15) is 5.10 Å². The molecule has 4 rings (SSSR count). The van der Waals surface area contributed by atoms with E-state index in [-0.39, 0.29) is 12.1 Å². The van der Waals surface area contributed by atoms with Crippen LogP contribution in [-0.4, -0.2) is 71.2 Å². The first-order valence-corrected chi connectivity index (χ1v) is 11.4. The maximum absolute atomic E-state index is 5.62. The van der Waals surface area contributed by atoms with Gasteiger partial charge >= 0.3 is 0 Å². The van der Waals surface area contributed by atoms with E-state index < -0.39 is 0 Å². The number of hydrogen-bond donors (Lipinski definition) is 2. The number of pyridine rings is 1. The van der Waals surface area contributed by atoms with Crippen LogP contribution in [0.15, 0.2) is 23.3 Å². The van der Waals surface area contributed by atoms with Crippen molar-refractivity contribution in [1.82, 2.24) is 30.4 Å². The van der Waals surface area contributed by atoms with Crippen LogP contribution in [0.25, 0.3) is 0 Å². The summed E-state index contributed by atoms with van der Waals surface area (Å²) in [6, 6.07) is 4.44. The minimum absolute atomic E-state index is 0.239. The Labute approximate surface area is 189 Å². The number of methoxy groups -OCH3 is 1. The van der Waals surface area contributed by atoms with E-state index in [4.69, 9.17) is 14.5 Å². The smallest absolute Gasteiger partial charge is 0.191 e. The molecule has 0 bridgehead atoms. The van der Waals surface area contributed by atoms with Gasteiger partial charge in [0, 0.05) is 45.4 Å². The highest BCUT2D eigenvalue weighted by atomic mass is 16.5. The molecule has 2 aliphatic rings. The number of rotatable bonds is 7. The molecular weight excluding hydrogens is 408 g/mol. The van der Waals surface area contributed by atoms with Gasteiger partial charge in [0.25, 0.3) is 0 Å². The van der Waals surface area contributed by atoms with Crippen molar-refractivity contribution in [1.29, 1.82) is 0 Å². The number of aromatic nitrogens is 4. The topological polar surface area (TPSA) is 102 Å². The molecule has 2 aromatic heterocycles. The summed E-state index contributed by atoms with van der Waals surface area (Å²) in [6.45, 7) is 9.26. The Morgan fingerprint density at radius 2 is 2.25 bits per heavy atom. The van der Waals surface area contributed by atoms with Crippen LogP contribution in [-0.2, 0) is 35.6 Å². The lowest BCUT2D eigenvalue weighted by Crippen LogP contribution is -2.47. The molecule has 174 valence electrons. The van der Waals surface area contributed by atoms with E-state index in [1.807, 2.05) is 10.9 Å². The zero-order valence-electron chi connectivity index (χ0n) is 19.3. The predicted molar refractivity (Wildman–Crippen MR) is 123 cm³/mol. The second-order valence-electron chi connectivity index (χ2n) is 8.29. The standard InChI is InChI=1S/C22H34N8O2/c1-4-23-22(26-18-6-8-21-27-19(15-31-3)28-30(21)14-18)25-12-17-5-7-20(24-11-17)29-9-10-32-16(2)13-29/h5,7,11,16,18H,4,6,8-10,12-15H2,1-3H3,(H2,23,25,26). The summed E-state index contributed by atoms with van der Waals surface area (Å²) in [5.74, 6) is 3.57. The molecular formula is C22H34N8O2. The Morgan fingerprint density at radius 3 is 3.00 bits per heavy atom. The van der Waals surface area contributed by atoms with Crippen molar-refractivity contribution in [3.63, 3.8) is 0 Å². The minimum Gasteiger partial charge on any atom is -0.377 e. The van der Waals surface area contributed by atoms with Gasteiger partial charge in [-0.15, -0.1) is 0 Å². The summed E-state index contributed by atoms with van der Waals surface area (Å²) in [5, 5.41) is 11.5. The van der Waals surface area contributed by atoms with Crippen LogP contribution in [0, 0.1) is 0 Å². The van der Waals surface area contributed by atoms with Gasteiger partial charge in [-0.05, 0) is 31.9 Å². The molecule has 0 aromatic carbocycles. The first kappa shape index (κ1) is 22.5. The Bertz CT molecular complexity index is 898. The van der Waals surface area contributed by atoms with E-state index in [9.17, 15) is 0 Å². The molecule has 1 saturated heterocycles. The summed E-state index contributed by atoms with van der Waals surface area (Å²) in [4.78, 5) is 16.2. The van der Waals surface area contributed by atoms with Gasteiger partial charge in [0.05, 0.1) is 25.8 Å². The molecule has 32 heavy (non-hydrogen) atoms. The molecule has 10 heteroatoms. The molecule has 2 unspecified atom stereocenters. The van der Waals surface area contributed by atoms with Crippen LogP contribution in [0.4, 0.5) is 5.82 Å². The Balaban J connectivity index is 1.34. The number of hydrogen-bond acceptors (Lipinski definition) is 7. The highest BCUT2D eigenvalue weighted by Crippen LogP contribution is 2.16. The van der Waals surface area contributed by atoms with Crippen LogP contribution in [0.5, 0.6) is 0 Å². The number of morpholine rings is 1. The van der Waals surface area contributed by atoms with Gasteiger partial charge in [0.2, 0.25) is 0 Å². The Kier molecular flexibility index (Phi) is 7.54. The van der Waals surface area contributed by atoms with Crippen molar-refractivity contribution < 1.29 is 9.47 Å². The third-order valence-corrected chi connectivity index (χ3v) is 5.65. The fourth-order valence-corrected chi connectivity index (χ4v) is 4.08. The van der Waals surface area contributed by atoms with Gasteiger partial charge in [0.15, 0.2) is 11.8 Å². The van der Waals surface area contributed by atoms with Gasteiger partial charge < -0.3 is 25.0 Å². The summed E-state index contributed by atoms with van der Waals surface area (Å²) in [5.41, 5.74) is 1.08. The first-order valence-electron chi connectivity index (χ1n) is 11.4. The molecule has 0 aliphatic carbocycles. The van der Waals surface area contributed by atoms with E-state index in [1.165, 1.54) is 0 Å². The zero-order chi connectivity index (χ0) is 22.3. The minimum atomic E-state index is 0.239. The third-order valence-electron chi connectivity index (χ3n) is 5.65. The van der Waals surface area contributed by atoms with E-state index in [0.717, 1.165) is 74.6 Å². The normalized spacial score (nSPS) is 21.3. The van der Waals surface area contributed by atoms with Crippen molar-refractivity contribution in [3.8, 4) is 0 Å². The third kappa shape index (κ3) is 5.74. The number of anilines is 1. The molecule has 1 fully saturated rings. The lowest BCUT2D eigenvalue weighted by Gasteiger charge is -2.32. The molecule has 2 N–H and O–H groups in total. The fourth-order valence-electron chi connectivity index (χ4n) is 4.08. The van der Waals surface area contributed by atoms with E-state index in [0.29, 0.717) is 13.2 Å². The lowest BCUT2D eigenvalue weighted by atomic mass is 10.1. The highest BCUT2D eigenvalue weighted by Gasteiger charge is 2.22. The molecule has 2 aliphatic heterocycles. The molecule has 0 saturated carbocycles. The molecule has 4 heterocycles. The molecule has 0 radical (unpaired) electrons. The molecule has 2 aromatic rings. The summed E-state index contributed by atoms with van der Waals surface area (Å²) >= 11 is 0. The number of guanidine groups is 1. The maximum atomic E-state index is 5.62. The number of aryl methyl sites for hydroxylation is 1. The van der Waals surface area contributed by atoms with Crippen LogP contribution in [0.3, 0.4) is 0 Å². The van der Waals surface area contributed by atoms with E-state index in [2.05, 4.69) is 56.6 Å². The monoisotopic (exact) mass is 442 g/mol. The Hall–Kier alpha value is -2.72. The van der Waals surface area contributed by atoms with Gasteiger partial charge in [-0.3, -0.25) is 0 Å². The average Bonchev–Trinajstić information content (AvgIpc) is 3.20. The van der Waals surface area contributed by atoms with Gasteiger partial charge in [-0.1, -0.05) is 6.07 Å². The average molecular weight is 443 g/mol. The summed E-state index contributed by atoms with van der Waals surface area (Å²) in [7, 11) is 1.66. The predicted octanol–water partition coefficient (Wildman–Crippen LogP) is 1.11. The molecule has 10 nitrogen and oxygen atoms in total. The SMILES string of the molecule is CCNC(=NCc1ccc(N2CCOC(C)C2)nc1)NC1CCc2nc(COC)nn2C1. The lowest BCUT2D eigenvalue weighted by molar-refractivity contribution is 0.0529. The van der Waals surface area contributed by atoms with Crippen molar-refractivity contribution >= 4 is 11.8 Å². The zero-order valence-corrected chi connectivity index (χ0v) is 19.3. The quantitative estimate of drug-likeness (QED) is 0.486. The van der Waals surface area contributed by atoms with Crippen molar-refractivity contribution in [3.05, 3.63) is 35.5 Å². The van der Waals surface area contributed by atoms with Crippen LogP contribution in [0.2, 0.25) is 0 Å². The fraction of sp³-hybridized carbons (Fsp3) is 0.636. The van der Waals surface area contributed by atoms with Crippen LogP contribution >= 0.6 is 0 Å². The summed E-state index contributed by atoms with van der Waals surface area (Å²) < 4.78 is 12.8. The van der Waals surface area contributed by atoms with E-state index in [1.54, 1.807) is 7.11 Å². The van der Waals surface area contributed by atoms with Gasteiger partial charge in [0.1, 0.15) is 18.2 Å². The van der Waals surface area contributed by atoms with Crippen molar-refractivity contribution in [2.45, 2.75) is 58.5 Å². The Morgan fingerprint density at radius 1 is 1.34 bits per heavy atom. The number of nitrogens with one attached hydrogen (secondary N) is 2. The van der Waals surface area contributed by atoms with Crippen LogP contribution in [0.1, 0.15) is 37.5 Å². The second kappa shape index (κ2) is 10.7. The first-order chi connectivity index (χ1) is 15.6. The molecule has 0 amide bonds. The second-order valence-corrected chi connectivity index (χ2v) is 8.29. The number of nitrogens with zero attached hydrogens (tertiary/aromatic N) is 6. The van der Waals surface area contributed by atoms with Crippen molar-refractivity contribution in [2.75, 3.05) is 38.3 Å². The highest BCUT2D eigenvalue weighted by molar-refractivity contribution is 5.80. The number of ether oxygens (including phenoxy) is 2.